The van der Waals surface area contributed by atoms with Crippen molar-refractivity contribution in [2.75, 3.05) is 13.2 Å². The lowest BCUT2D eigenvalue weighted by atomic mass is 10.2. The summed E-state index contributed by atoms with van der Waals surface area (Å²) in [6.45, 7) is -0.191. The second-order valence-corrected chi connectivity index (χ2v) is 6.38. The molecule has 1 heterocycles. The molecule has 27 heavy (non-hydrogen) atoms. The van der Waals surface area contributed by atoms with Crippen LogP contribution in [0.25, 0.3) is 0 Å². The third-order valence-corrected chi connectivity index (χ3v) is 4.14. The minimum absolute atomic E-state index is 0.0671. The first-order valence-electron chi connectivity index (χ1n) is 7.96. The highest BCUT2D eigenvalue weighted by Gasteiger charge is 2.27. The van der Waals surface area contributed by atoms with E-state index in [9.17, 15) is 9.59 Å². The van der Waals surface area contributed by atoms with Gasteiger partial charge in [-0.25, -0.2) is 5.43 Å². The van der Waals surface area contributed by atoms with Crippen molar-refractivity contribution in [2.45, 2.75) is 6.10 Å². The van der Waals surface area contributed by atoms with Crippen LogP contribution in [0, 0.1) is 0 Å². The van der Waals surface area contributed by atoms with Crippen molar-refractivity contribution in [3.8, 4) is 11.5 Å². The Labute approximate surface area is 165 Å². The quantitative estimate of drug-likeness (QED) is 0.588. The molecule has 1 atom stereocenters. The third-order valence-electron chi connectivity index (χ3n) is 3.58. The first kappa shape index (κ1) is 19.0. The van der Waals surface area contributed by atoms with Crippen molar-refractivity contribution in [1.82, 2.24) is 10.7 Å². The van der Waals surface area contributed by atoms with Gasteiger partial charge in [-0.3, -0.25) is 9.59 Å². The molecular formula is C18H15Cl2N3O4. The Hall–Kier alpha value is -2.77. The zero-order valence-corrected chi connectivity index (χ0v) is 15.5. The summed E-state index contributed by atoms with van der Waals surface area (Å²) in [6, 6.07) is 11.9. The number of halogens is 2. The summed E-state index contributed by atoms with van der Waals surface area (Å²) in [5.74, 6) is 0.110. The number of nitrogens with zero attached hydrogens (tertiary/aromatic N) is 1. The lowest BCUT2D eigenvalue weighted by molar-refractivity contribution is -0.132. The molecule has 0 saturated heterocycles. The van der Waals surface area contributed by atoms with Crippen molar-refractivity contribution in [3.05, 3.63) is 58.1 Å². The Bertz CT molecular complexity index is 889. The van der Waals surface area contributed by atoms with Crippen LogP contribution in [0.15, 0.2) is 47.6 Å². The molecule has 1 aliphatic rings. The lowest BCUT2D eigenvalue weighted by Gasteiger charge is -2.25. The van der Waals surface area contributed by atoms with Crippen LogP contribution in [0.2, 0.25) is 10.0 Å². The predicted octanol–water partition coefficient (Wildman–Crippen LogP) is 2.40. The van der Waals surface area contributed by atoms with E-state index in [-0.39, 0.29) is 13.2 Å². The Kier molecular flexibility index (Phi) is 6.16. The van der Waals surface area contributed by atoms with Gasteiger partial charge in [0.15, 0.2) is 11.5 Å². The first-order chi connectivity index (χ1) is 13.0. The molecule has 9 heteroatoms. The number of carbonyl (C=O) groups excluding carboxylic acids is 2. The average Bonchev–Trinajstić information content (AvgIpc) is 2.67. The molecule has 2 amide bonds. The van der Waals surface area contributed by atoms with E-state index in [1.54, 1.807) is 36.4 Å². The van der Waals surface area contributed by atoms with Crippen molar-refractivity contribution in [2.24, 2.45) is 5.10 Å². The monoisotopic (exact) mass is 407 g/mol. The largest absolute Gasteiger partial charge is 0.485 e. The molecule has 7 nitrogen and oxygen atoms in total. The van der Waals surface area contributed by atoms with Gasteiger partial charge in [0.1, 0.15) is 6.61 Å². The number of ether oxygens (including phenoxy) is 2. The molecule has 0 unspecified atom stereocenters. The van der Waals surface area contributed by atoms with Crippen LogP contribution in [0.1, 0.15) is 5.56 Å². The average molecular weight is 408 g/mol. The molecule has 1 aliphatic heterocycles. The Morgan fingerprint density at radius 1 is 1.19 bits per heavy atom. The number of hydrazone groups is 1. The summed E-state index contributed by atoms with van der Waals surface area (Å²) in [6.07, 6.45) is 0.553. The van der Waals surface area contributed by atoms with E-state index < -0.39 is 17.9 Å². The van der Waals surface area contributed by atoms with Gasteiger partial charge >= 0.3 is 0 Å². The molecule has 140 valence electrons. The summed E-state index contributed by atoms with van der Waals surface area (Å²) in [5, 5.41) is 7.18. The van der Waals surface area contributed by atoms with Gasteiger partial charge in [0.05, 0.1) is 17.8 Å². The normalized spacial score (nSPS) is 15.4. The van der Waals surface area contributed by atoms with Crippen LogP contribution in [-0.2, 0) is 9.59 Å². The van der Waals surface area contributed by atoms with Gasteiger partial charge in [-0.15, -0.1) is 0 Å². The van der Waals surface area contributed by atoms with E-state index >= 15 is 0 Å². The Morgan fingerprint density at radius 2 is 1.96 bits per heavy atom. The molecule has 2 N–H and O–H groups in total. The molecule has 0 radical (unpaired) electrons. The molecule has 0 bridgehead atoms. The maximum Gasteiger partial charge on any atom is 0.265 e. The number of amides is 2. The summed E-state index contributed by atoms with van der Waals surface area (Å²) in [4.78, 5) is 23.9. The third kappa shape index (κ3) is 5.12. The van der Waals surface area contributed by atoms with E-state index in [0.29, 0.717) is 27.1 Å². The highest BCUT2D eigenvalue weighted by molar-refractivity contribution is 6.36. The molecule has 3 rings (SSSR count). The van der Waals surface area contributed by atoms with Gasteiger partial charge in [-0.05, 0) is 24.3 Å². The van der Waals surface area contributed by atoms with Crippen molar-refractivity contribution in [3.63, 3.8) is 0 Å². The molecule has 0 aliphatic carbocycles. The van der Waals surface area contributed by atoms with E-state index in [1.165, 1.54) is 6.21 Å². The van der Waals surface area contributed by atoms with Gasteiger partial charge < -0.3 is 14.8 Å². The van der Waals surface area contributed by atoms with Crippen LogP contribution in [0.5, 0.6) is 11.5 Å². The topological polar surface area (TPSA) is 89.0 Å². The molecule has 0 spiro atoms. The molecule has 0 fully saturated rings. The molecule has 2 aromatic carbocycles. The fourth-order valence-electron chi connectivity index (χ4n) is 2.25. The summed E-state index contributed by atoms with van der Waals surface area (Å²) in [5.41, 5.74) is 2.89. The lowest BCUT2D eigenvalue weighted by Crippen LogP contribution is -2.46. The second kappa shape index (κ2) is 8.75. The number of carbonyl (C=O) groups is 2. The predicted molar refractivity (Wildman–Crippen MR) is 102 cm³/mol. The Balaban J connectivity index is 1.45. The van der Waals surface area contributed by atoms with Gasteiger partial charge in [0, 0.05) is 10.6 Å². The molecule has 0 aromatic heterocycles. The van der Waals surface area contributed by atoms with Crippen molar-refractivity contribution in [1.29, 1.82) is 0 Å². The number of hydrogen-bond donors (Lipinski definition) is 2. The summed E-state index contributed by atoms with van der Waals surface area (Å²) in [7, 11) is 0. The zero-order chi connectivity index (χ0) is 19.2. The van der Waals surface area contributed by atoms with Crippen LogP contribution < -0.4 is 20.2 Å². The van der Waals surface area contributed by atoms with E-state index in [4.69, 9.17) is 32.7 Å². The van der Waals surface area contributed by atoms with E-state index in [2.05, 4.69) is 15.8 Å². The number of nitrogens with one attached hydrogen (secondary N) is 2. The van der Waals surface area contributed by atoms with Gasteiger partial charge in [0.2, 0.25) is 6.10 Å². The number of hydrogen-bond acceptors (Lipinski definition) is 5. The van der Waals surface area contributed by atoms with Crippen molar-refractivity contribution >= 4 is 41.2 Å². The fraction of sp³-hybridized carbons (Fsp3) is 0.167. The first-order valence-corrected chi connectivity index (χ1v) is 8.71. The van der Waals surface area contributed by atoms with Crippen LogP contribution in [0.3, 0.4) is 0 Å². The Morgan fingerprint density at radius 3 is 2.74 bits per heavy atom. The summed E-state index contributed by atoms with van der Waals surface area (Å²) < 4.78 is 11.0. The number of benzene rings is 2. The standard InChI is InChI=1S/C18H15Cl2N3O4/c19-12-6-5-11(13(20)7-12)8-22-23-17(24)9-21-18(25)16-10-26-14-3-1-2-4-15(14)27-16/h1-8,16H,9-10H2,(H,21,25)(H,23,24)/b22-8-/t16-/m0/s1. The minimum Gasteiger partial charge on any atom is -0.485 e. The number of para-hydroxylation sites is 2. The maximum absolute atomic E-state index is 12.1. The van der Waals surface area contributed by atoms with E-state index in [0.717, 1.165) is 0 Å². The van der Waals surface area contributed by atoms with Crippen molar-refractivity contribution < 1.29 is 19.1 Å². The smallest absolute Gasteiger partial charge is 0.265 e. The number of rotatable bonds is 5. The van der Waals surface area contributed by atoms with Gasteiger partial charge in [-0.1, -0.05) is 41.4 Å². The van der Waals surface area contributed by atoms with Crippen LogP contribution >= 0.6 is 23.2 Å². The van der Waals surface area contributed by atoms with Crippen LogP contribution in [-0.4, -0.2) is 37.3 Å². The molecular weight excluding hydrogens is 393 g/mol. The fourth-order valence-corrected chi connectivity index (χ4v) is 2.71. The highest BCUT2D eigenvalue weighted by atomic mass is 35.5. The zero-order valence-electron chi connectivity index (χ0n) is 13.9. The van der Waals surface area contributed by atoms with Crippen LogP contribution in [0.4, 0.5) is 0 Å². The van der Waals surface area contributed by atoms with E-state index in [1.807, 2.05) is 6.07 Å². The minimum atomic E-state index is -0.830. The molecule has 0 saturated carbocycles. The highest BCUT2D eigenvalue weighted by Crippen LogP contribution is 2.30. The van der Waals surface area contributed by atoms with Gasteiger partial charge in [-0.2, -0.15) is 5.10 Å². The molecule has 2 aromatic rings. The maximum atomic E-state index is 12.1. The second-order valence-electron chi connectivity index (χ2n) is 5.54. The SMILES string of the molecule is O=C(CNC(=O)[C@@H]1COc2ccccc2O1)N/N=C\c1ccc(Cl)cc1Cl. The summed E-state index contributed by atoms with van der Waals surface area (Å²) >= 11 is 11.8. The number of fused-ring (bicyclic) bond motifs is 1. The van der Waals surface area contributed by atoms with Gasteiger partial charge in [0.25, 0.3) is 11.8 Å².